The summed E-state index contributed by atoms with van der Waals surface area (Å²) in [5.41, 5.74) is 0. The molecule has 1 aliphatic rings. The van der Waals surface area contributed by atoms with Crippen molar-refractivity contribution in [2.45, 2.75) is 6.92 Å². The Balaban J connectivity index is 0.00000121. The number of halogens is 2. The lowest BCUT2D eigenvalue weighted by atomic mass is 10.2. The number of hydrogen-bond donors (Lipinski definition) is 1. The van der Waals surface area contributed by atoms with Gasteiger partial charge in [-0.25, -0.2) is 0 Å². The summed E-state index contributed by atoms with van der Waals surface area (Å²) in [6, 6.07) is 0. The second-order valence-electron chi connectivity index (χ2n) is 3.31. The first-order valence-corrected chi connectivity index (χ1v) is 4.32. The molecule has 0 unspecified atom stereocenters. The van der Waals surface area contributed by atoms with Crippen LogP contribution in [0.5, 0.6) is 0 Å². The lowest BCUT2D eigenvalue weighted by Crippen LogP contribution is -2.45. The zero-order chi connectivity index (χ0) is 8.10. The fraction of sp³-hybridized carbons (Fsp3) is 1.00. The first kappa shape index (κ1) is 12.1. The first-order valence-electron chi connectivity index (χ1n) is 4.32. The lowest BCUT2D eigenvalue weighted by molar-refractivity contribution is 0.195. The van der Waals surface area contributed by atoms with Gasteiger partial charge in [0.15, 0.2) is 0 Å². The maximum atomic E-state index is 12.1. The van der Waals surface area contributed by atoms with Gasteiger partial charge in [0.2, 0.25) is 0 Å². The summed E-state index contributed by atoms with van der Waals surface area (Å²) in [4.78, 5) is 2.32. The number of nitrogens with zero attached hydrogens (tertiary/aromatic N) is 1. The molecule has 1 aliphatic heterocycles. The lowest BCUT2D eigenvalue weighted by Gasteiger charge is -2.28. The molecule has 1 rings (SSSR count). The van der Waals surface area contributed by atoms with Crippen molar-refractivity contribution in [1.82, 2.24) is 10.2 Å². The highest BCUT2D eigenvalue weighted by Crippen LogP contribution is 2.01. The number of nitrogens with one attached hydrogen (secondary N) is 1. The Morgan fingerprint density at radius 3 is 2.50 bits per heavy atom. The summed E-state index contributed by atoms with van der Waals surface area (Å²) < 4.78 is 12.1. The summed E-state index contributed by atoms with van der Waals surface area (Å²) in [6.07, 6.45) is 0. The molecule has 0 bridgehead atoms. The third-order valence-corrected chi connectivity index (χ3v) is 2.04. The molecule has 0 aromatic rings. The molecule has 2 nitrogen and oxygen atoms in total. The molecule has 0 aromatic carbocycles. The van der Waals surface area contributed by atoms with Crippen LogP contribution in [0, 0.1) is 5.92 Å². The fourth-order valence-electron chi connectivity index (χ4n) is 1.38. The molecular weight excluding hydrogens is 179 g/mol. The second kappa shape index (κ2) is 6.63. The van der Waals surface area contributed by atoms with Crippen molar-refractivity contribution >= 4 is 12.4 Å². The highest BCUT2D eigenvalue weighted by atomic mass is 35.5. The minimum absolute atomic E-state index is 0. The standard InChI is InChI=1S/C8H17FN2.ClH/c1-8(6-9)7-11-4-2-10-3-5-11;/h8,10H,2-7H2,1H3;1H/t8-;/m1./s1. The molecule has 0 amide bonds. The summed E-state index contributed by atoms with van der Waals surface area (Å²) in [5.74, 6) is 0.202. The maximum Gasteiger partial charge on any atom is 0.0932 e. The van der Waals surface area contributed by atoms with Gasteiger partial charge in [0.1, 0.15) is 0 Å². The van der Waals surface area contributed by atoms with Gasteiger partial charge in [-0.1, -0.05) is 6.92 Å². The van der Waals surface area contributed by atoms with E-state index in [1.54, 1.807) is 0 Å². The van der Waals surface area contributed by atoms with Crippen molar-refractivity contribution in [2.75, 3.05) is 39.4 Å². The van der Waals surface area contributed by atoms with Crippen LogP contribution in [0.1, 0.15) is 6.92 Å². The molecule has 0 radical (unpaired) electrons. The molecule has 1 atom stereocenters. The monoisotopic (exact) mass is 196 g/mol. The molecule has 1 N–H and O–H groups in total. The molecular formula is C8H18ClFN2. The van der Waals surface area contributed by atoms with E-state index in [2.05, 4.69) is 10.2 Å². The molecule has 0 aliphatic carbocycles. The molecule has 74 valence electrons. The van der Waals surface area contributed by atoms with Crippen LogP contribution in [-0.2, 0) is 0 Å². The molecule has 0 saturated carbocycles. The Kier molecular flexibility index (Phi) is 6.71. The second-order valence-corrected chi connectivity index (χ2v) is 3.31. The predicted molar refractivity (Wildman–Crippen MR) is 51.7 cm³/mol. The Hall–Kier alpha value is 0.140. The largest absolute Gasteiger partial charge is 0.314 e. The predicted octanol–water partition coefficient (Wildman–Crippen LogP) is 0.919. The summed E-state index contributed by atoms with van der Waals surface area (Å²) in [6.45, 7) is 6.94. The van der Waals surface area contributed by atoms with Gasteiger partial charge in [0, 0.05) is 32.7 Å². The summed E-state index contributed by atoms with van der Waals surface area (Å²) in [5, 5.41) is 3.27. The number of rotatable bonds is 3. The van der Waals surface area contributed by atoms with Crippen LogP contribution in [0.15, 0.2) is 0 Å². The van der Waals surface area contributed by atoms with E-state index in [0.29, 0.717) is 0 Å². The molecule has 1 saturated heterocycles. The maximum absolute atomic E-state index is 12.1. The van der Waals surface area contributed by atoms with Gasteiger partial charge < -0.3 is 10.2 Å². The molecule has 1 fully saturated rings. The van der Waals surface area contributed by atoms with E-state index in [0.717, 1.165) is 32.7 Å². The van der Waals surface area contributed by atoms with Gasteiger partial charge in [-0.2, -0.15) is 0 Å². The molecule has 0 spiro atoms. The van der Waals surface area contributed by atoms with Crippen molar-refractivity contribution in [3.05, 3.63) is 0 Å². The molecule has 12 heavy (non-hydrogen) atoms. The zero-order valence-corrected chi connectivity index (χ0v) is 8.37. The van der Waals surface area contributed by atoms with Crippen molar-refractivity contribution in [3.8, 4) is 0 Å². The average molecular weight is 197 g/mol. The van der Waals surface area contributed by atoms with Crippen LogP contribution in [0.4, 0.5) is 4.39 Å². The van der Waals surface area contributed by atoms with Crippen molar-refractivity contribution < 1.29 is 4.39 Å². The van der Waals surface area contributed by atoms with Gasteiger partial charge >= 0.3 is 0 Å². The van der Waals surface area contributed by atoms with E-state index in [4.69, 9.17) is 0 Å². The van der Waals surface area contributed by atoms with E-state index in [1.165, 1.54) is 0 Å². The Bertz CT molecular complexity index is 107. The highest BCUT2D eigenvalue weighted by Gasteiger charge is 2.12. The smallest absolute Gasteiger partial charge is 0.0932 e. The van der Waals surface area contributed by atoms with Crippen LogP contribution in [0.3, 0.4) is 0 Å². The summed E-state index contributed by atoms with van der Waals surface area (Å²) >= 11 is 0. The number of piperazine rings is 1. The van der Waals surface area contributed by atoms with Crippen molar-refractivity contribution in [3.63, 3.8) is 0 Å². The minimum Gasteiger partial charge on any atom is -0.314 e. The fourth-order valence-corrected chi connectivity index (χ4v) is 1.38. The number of alkyl halides is 1. The average Bonchev–Trinajstić information content (AvgIpc) is 2.06. The van der Waals surface area contributed by atoms with Gasteiger partial charge in [0.05, 0.1) is 6.67 Å². The molecule has 0 aromatic heterocycles. The van der Waals surface area contributed by atoms with Crippen LogP contribution >= 0.6 is 12.4 Å². The van der Waals surface area contributed by atoms with Crippen LogP contribution < -0.4 is 5.32 Å². The minimum atomic E-state index is -0.191. The van der Waals surface area contributed by atoms with E-state index in [-0.39, 0.29) is 25.0 Å². The van der Waals surface area contributed by atoms with Gasteiger partial charge in [-0.15, -0.1) is 12.4 Å². The first-order chi connectivity index (χ1) is 5.33. The molecule has 4 heteroatoms. The van der Waals surface area contributed by atoms with Crippen molar-refractivity contribution in [1.29, 1.82) is 0 Å². The third-order valence-electron chi connectivity index (χ3n) is 2.04. The van der Waals surface area contributed by atoms with Crippen LogP contribution in [0.2, 0.25) is 0 Å². The van der Waals surface area contributed by atoms with E-state index in [9.17, 15) is 4.39 Å². The van der Waals surface area contributed by atoms with Crippen LogP contribution in [-0.4, -0.2) is 44.3 Å². The highest BCUT2D eigenvalue weighted by molar-refractivity contribution is 5.85. The van der Waals surface area contributed by atoms with E-state index in [1.807, 2.05) is 6.92 Å². The SMILES string of the molecule is C[C@H](CF)CN1CCNCC1.Cl. The van der Waals surface area contributed by atoms with E-state index < -0.39 is 0 Å². The van der Waals surface area contributed by atoms with E-state index >= 15 is 0 Å². The van der Waals surface area contributed by atoms with Crippen molar-refractivity contribution in [2.24, 2.45) is 5.92 Å². The quantitative estimate of drug-likeness (QED) is 0.723. The van der Waals surface area contributed by atoms with Gasteiger partial charge in [-0.05, 0) is 5.92 Å². The third kappa shape index (κ3) is 4.24. The van der Waals surface area contributed by atoms with Crippen LogP contribution in [0.25, 0.3) is 0 Å². The Morgan fingerprint density at radius 2 is 2.00 bits per heavy atom. The van der Waals surface area contributed by atoms with Gasteiger partial charge in [0.25, 0.3) is 0 Å². The molecule has 1 heterocycles. The van der Waals surface area contributed by atoms with Gasteiger partial charge in [-0.3, -0.25) is 4.39 Å². The topological polar surface area (TPSA) is 15.3 Å². The summed E-state index contributed by atoms with van der Waals surface area (Å²) in [7, 11) is 0. The Labute approximate surface area is 79.9 Å². The Morgan fingerprint density at radius 1 is 1.42 bits per heavy atom. The zero-order valence-electron chi connectivity index (χ0n) is 7.55. The number of hydrogen-bond acceptors (Lipinski definition) is 2. The normalized spacial score (nSPS) is 21.5.